The quantitative estimate of drug-likeness (QED) is 0.427. The Balaban J connectivity index is 1.75. The number of hydrogen-bond acceptors (Lipinski definition) is 8. The molecule has 1 atom stereocenters. The van der Waals surface area contributed by atoms with Crippen LogP contribution in [0, 0.1) is 13.8 Å². The number of likely N-dealkylation sites (N-methyl/N-ethyl adjacent to an activating group) is 1. The molecule has 0 bridgehead atoms. The second-order valence-corrected chi connectivity index (χ2v) is 10.0. The van der Waals surface area contributed by atoms with Crippen LogP contribution >= 0.6 is 0 Å². The standard InChI is InChI=1S/C28H40N6O3/c1-18(2)34-20(4)27(19(3)32-34)25-15-26(33(6)22-10-12-36-13-11-22)31-28(30-25)21-8-7-9-24(14-21)37-17-23(35)16-29-5/h7-9,14-15,18,22-23,29,35H,10-13,16-17H2,1-6H3. The van der Waals surface area contributed by atoms with E-state index in [-0.39, 0.29) is 12.6 Å². The van der Waals surface area contributed by atoms with Crippen LogP contribution in [0.25, 0.3) is 22.6 Å². The van der Waals surface area contributed by atoms with E-state index in [1.807, 2.05) is 31.2 Å². The van der Waals surface area contributed by atoms with E-state index >= 15 is 0 Å². The number of ether oxygens (including phenoxy) is 2. The Bertz CT molecular complexity index is 1190. The van der Waals surface area contributed by atoms with Gasteiger partial charge in [-0.25, -0.2) is 9.97 Å². The molecular formula is C28H40N6O3. The number of rotatable bonds is 10. The Hall–Kier alpha value is -3.01. The van der Waals surface area contributed by atoms with Gasteiger partial charge in [-0.3, -0.25) is 4.68 Å². The summed E-state index contributed by atoms with van der Waals surface area (Å²) in [5.41, 5.74) is 4.80. The van der Waals surface area contributed by atoms with E-state index in [0.29, 0.717) is 24.2 Å². The van der Waals surface area contributed by atoms with Crippen LogP contribution in [0.5, 0.6) is 5.75 Å². The number of aliphatic hydroxyl groups excluding tert-OH is 1. The van der Waals surface area contributed by atoms with E-state index in [1.165, 1.54) is 0 Å². The molecule has 1 aromatic carbocycles. The van der Waals surface area contributed by atoms with Gasteiger partial charge in [0.2, 0.25) is 0 Å². The molecule has 3 aromatic rings. The third-order valence-electron chi connectivity index (χ3n) is 6.86. The van der Waals surface area contributed by atoms with Crippen LogP contribution in [0.1, 0.15) is 44.1 Å². The third-order valence-corrected chi connectivity index (χ3v) is 6.86. The van der Waals surface area contributed by atoms with E-state index < -0.39 is 6.10 Å². The number of aryl methyl sites for hydroxylation is 1. The molecule has 1 unspecified atom stereocenters. The highest BCUT2D eigenvalue weighted by molar-refractivity contribution is 5.71. The summed E-state index contributed by atoms with van der Waals surface area (Å²) in [4.78, 5) is 12.3. The van der Waals surface area contributed by atoms with Gasteiger partial charge >= 0.3 is 0 Å². The second kappa shape index (κ2) is 12.0. The molecule has 3 heterocycles. The first-order chi connectivity index (χ1) is 17.8. The maximum Gasteiger partial charge on any atom is 0.162 e. The van der Waals surface area contributed by atoms with Crippen LogP contribution in [0.4, 0.5) is 5.82 Å². The van der Waals surface area contributed by atoms with Gasteiger partial charge in [-0.15, -0.1) is 0 Å². The summed E-state index contributed by atoms with van der Waals surface area (Å²) in [7, 11) is 3.91. The molecule has 1 aliphatic heterocycles. The lowest BCUT2D eigenvalue weighted by atomic mass is 10.1. The number of nitrogens with one attached hydrogen (secondary N) is 1. The topological polar surface area (TPSA) is 97.6 Å². The van der Waals surface area contributed by atoms with Gasteiger partial charge in [-0.2, -0.15) is 5.10 Å². The molecule has 4 rings (SSSR count). The van der Waals surface area contributed by atoms with Gasteiger partial charge < -0.3 is 24.8 Å². The van der Waals surface area contributed by atoms with Crippen molar-refractivity contribution in [3.63, 3.8) is 0 Å². The van der Waals surface area contributed by atoms with Crippen molar-refractivity contribution in [2.75, 3.05) is 45.4 Å². The molecule has 0 saturated carbocycles. The van der Waals surface area contributed by atoms with Crippen molar-refractivity contribution in [3.8, 4) is 28.4 Å². The summed E-state index contributed by atoms with van der Waals surface area (Å²) in [6.07, 6.45) is 1.34. The zero-order chi connectivity index (χ0) is 26.5. The van der Waals surface area contributed by atoms with Gasteiger partial charge in [0.1, 0.15) is 24.3 Å². The van der Waals surface area contributed by atoms with Gasteiger partial charge in [0.25, 0.3) is 0 Å². The highest BCUT2D eigenvalue weighted by Crippen LogP contribution is 2.33. The molecule has 0 amide bonds. The maximum atomic E-state index is 10.0. The normalized spacial score (nSPS) is 15.2. The monoisotopic (exact) mass is 508 g/mol. The first-order valence-corrected chi connectivity index (χ1v) is 13.1. The number of nitrogens with zero attached hydrogens (tertiary/aromatic N) is 5. The van der Waals surface area contributed by atoms with Crippen molar-refractivity contribution in [2.45, 2.75) is 58.7 Å². The lowest BCUT2D eigenvalue weighted by Crippen LogP contribution is -2.37. The van der Waals surface area contributed by atoms with Gasteiger partial charge in [0.05, 0.1) is 11.4 Å². The predicted molar refractivity (Wildman–Crippen MR) is 146 cm³/mol. The Morgan fingerprint density at radius 1 is 1.19 bits per heavy atom. The fraction of sp³-hybridized carbons (Fsp3) is 0.536. The summed E-state index contributed by atoms with van der Waals surface area (Å²) in [6.45, 7) is 10.6. The first-order valence-electron chi connectivity index (χ1n) is 13.1. The Kier molecular flexibility index (Phi) is 8.79. The fourth-order valence-corrected chi connectivity index (χ4v) is 4.88. The zero-order valence-electron chi connectivity index (χ0n) is 22.9. The fourth-order valence-electron chi connectivity index (χ4n) is 4.88. The summed E-state index contributed by atoms with van der Waals surface area (Å²) in [5, 5.41) is 17.8. The number of anilines is 1. The third kappa shape index (κ3) is 6.29. The molecule has 200 valence electrons. The molecule has 0 aliphatic carbocycles. The molecule has 0 radical (unpaired) electrons. The molecule has 1 fully saturated rings. The Morgan fingerprint density at radius 3 is 2.62 bits per heavy atom. The van der Waals surface area contributed by atoms with Gasteiger partial charge in [-0.05, 0) is 59.7 Å². The maximum absolute atomic E-state index is 10.0. The smallest absolute Gasteiger partial charge is 0.162 e. The van der Waals surface area contributed by atoms with Crippen molar-refractivity contribution in [3.05, 3.63) is 41.7 Å². The van der Waals surface area contributed by atoms with Gasteiger partial charge in [0, 0.05) is 61.8 Å². The SMILES string of the molecule is CNCC(O)COc1cccc(-c2nc(-c3c(C)nn(C(C)C)c3C)cc(N(C)C3CCOCC3)n2)c1. The van der Waals surface area contributed by atoms with Crippen molar-refractivity contribution >= 4 is 5.82 Å². The van der Waals surface area contributed by atoms with Crippen molar-refractivity contribution < 1.29 is 14.6 Å². The number of hydrogen-bond donors (Lipinski definition) is 2. The lowest BCUT2D eigenvalue weighted by molar-refractivity contribution is 0.0853. The molecule has 2 N–H and O–H groups in total. The molecule has 0 spiro atoms. The minimum atomic E-state index is -0.587. The average Bonchev–Trinajstić information content (AvgIpc) is 3.21. The summed E-state index contributed by atoms with van der Waals surface area (Å²) >= 11 is 0. The number of aromatic nitrogens is 4. The second-order valence-electron chi connectivity index (χ2n) is 10.0. The van der Waals surface area contributed by atoms with Gasteiger partial charge in [0.15, 0.2) is 5.82 Å². The van der Waals surface area contributed by atoms with E-state index in [1.54, 1.807) is 7.05 Å². The molecule has 1 saturated heterocycles. The van der Waals surface area contributed by atoms with Crippen LogP contribution in [-0.2, 0) is 4.74 Å². The summed E-state index contributed by atoms with van der Waals surface area (Å²) < 4.78 is 13.5. The molecule has 9 heteroatoms. The summed E-state index contributed by atoms with van der Waals surface area (Å²) in [5.74, 6) is 2.17. The first kappa shape index (κ1) is 27.0. The van der Waals surface area contributed by atoms with Gasteiger partial charge in [-0.1, -0.05) is 12.1 Å². The van der Waals surface area contributed by atoms with Crippen LogP contribution in [0.3, 0.4) is 0 Å². The minimum Gasteiger partial charge on any atom is -0.491 e. The predicted octanol–water partition coefficient (Wildman–Crippen LogP) is 3.78. The van der Waals surface area contributed by atoms with Crippen molar-refractivity contribution in [2.24, 2.45) is 0 Å². The number of aliphatic hydroxyl groups is 1. The average molecular weight is 509 g/mol. The molecule has 1 aliphatic rings. The van der Waals surface area contributed by atoms with E-state index in [9.17, 15) is 5.11 Å². The van der Waals surface area contributed by atoms with Crippen LogP contribution in [-0.4, -0.2) is 77.5 Å². The van der Waals surface area contributed by atoms with Crippen LogP contribution in [0.2, 0.25) is 0 Å². The largest absolute Gasteiger partial charge is 0.491 e. The minimum absolute atomic E-state index is 0.204. The molecule has 9 nitrogen and oxygen atoms in total. The molecular weight excluding hydrogens is 468 g/mol. The molecule has 2 aromatic heterocycles. The summed E-state index contributed by atoms with van der Waals surface area (Å²) in [6, 6.07) is 10.4. The van der Waals surface area contributed by atoms with E-state index in [2.05, 4.69) is 48.8 Å². The van der Waals surface area contributed by atoms with Crippen molar-refractivity contribution in [1.82, 2.24) is 25.1 Å². The Labute approximate surface area is 219 Å². The van der Waals surface area contributed by atoms with Crippen LogP contribution < -0.4 is 15.0 Å². The molecule has 37 heavy (non-hydrogen) atoms. The van der Waals surface area contributed by atoms with E-state index in [4.69, 9.17) is 24.5 Å². The highest BCUT2D eigenvalue weighted by atomic mass is 16.5. The number of benzene rings is 1. The van der Waals surface area contributed by atoms with Crippen molar-refractivity contribution in [1.29, 1.82) is 0 Å². The zero-order valence-corrected chi connectivity index (χ0v) is 22.9. The highest BCUT2D eigenvalue weighted by Gasteiger charge is 2.23. The lowest BCUT2D eigenvalue weighted by Gasteiger charge is -2.32. The van der Waals surface area contributed by atoms with E-state index in [0.717, 1.165) is 60.1 Å². The Morgan fingerprint density at radius 2 is 1.95 bits per heavy atom. The van der Waals surface area contributed by atoms with Crippen LogP contribution in [0.15, 0.2) is 30.3 Å².